The normalized spacial score (nSPS) is 31.7. The maximum absolute atomic E-state index is 3.90. The lowest BCUT2D eigenvalue weighted by Gasteiger charge is -2.21. The number of fused-ring (bicyclic) bond motifs is 1. The Kier molecular flexibility index (Phi) is 3.40. The van der Waals surface area contributed by atoms with Crippen LogP contribution >= 0.6 is 11.3 Å². The Morgan fingerprint density at radius 1 is 1.35 bits per heavy atom. The largest absolute Gasteiger partial charge is 0.305 e. The molecule has 2 fully saturated rings. The molecule has 2 heterocycles. The van der Waals surface area contributed by atoms with Crippen LogP contribution in [0.15, 0.2) is 6.07 Å². The van der Waals surface area contributed by atoms with E-state index in [0.29, 0.717) is 12.1 Å². The molecule has 0 unspecified atom stereocenters. The van der Waals surface area contributed by atoms with Gasteiger partial charge in [0.15, 0.2) is 0 Å². The van der Waals surface area contributed by atoms with Crippen LogP contribution in [0, 0.1) is 0 Å². The molecule has 1 aromatic rings. The van der Waals surface area contributed by atoms with Gasteiger partial charge in [0, 0.05) is 40.5 Å². The topological polar surface area (TPSA) is 15.3 Å². The summed E-state index contributed by atoms with van der Waals surface area (Å²) in [5.74, 6) is 0. The molecule has 0 radical (unpaired) electrons. The second kappa shape index (κ2) is 5.11. The first-order valence-electron chi connectivity index (χ1n) is 8.34. The summed E-state index contributed by atoms with van der Waals surface area (Å²) in [5.41, 5.74) is 1.64. The van der Waals surface area contributed by atoms with Gasteiger partial charge < -0.3 is 5.32 Å². The van der Waals surface area contributed by atoms with Gasteiger partial charge in [-0.1, -0.05) is 0 Å². The van der Waals surface area contributed by atoms with Gasteiger partial charge in [-0.15, -0.1) is 11.3 Å². The van der Waals surface area contributed by atoms with E-state index >= 15 is 0 Å². The first-order valence-corrected chi connectivity index (χ1v) is 9.15. The lowest BCUT2D eigenvalue weighted by Crippen LogP contribution is -2.35. The number of rotatable bonds is 4. The van der Waals surface area contributed by atoms with E-state index in [1.165, 1.54) is 45.1 Å². The predicted molar refractivity (Wildman–Crippen MR) is 85.5 cm³/mol. The quantitative estimate of drug-likeness (QED) is 0.913. The number of hydrogen-bond acceptors (Lipinski definition) is 3. The fourth-order valence-corrected chi connectivity index (χ4v) is 5.36. The van der Waals surface area contributed by atoms with Crippen LogP contribution < -0.4 is 5.32 Å². The van der Waals surface area contributed by atoms with Gasteiger partial charge in [-0.05, 0) is 64.0 Å². The van der Waals surface area contributed by atoms with E-state index < -0.39 is 0 Å². The molecule has 3 heteroatoms. The molecule has 0 aromatic carbocycles. The van der Waals surface area contributed by atoms with Crippen molar-refractivity contribution in [2.24, 2.45) is 0 Å². The zero-order valence-electron chi connectivity index (χ0n) is 12.7. The average Bonchev–Trinajstić information content (AvgIpc) is 2.85. The van der Waals surface area contributed by atoms with E-state index in [1.54, 1.807) is 15.3 Å². The van der Waals surface area contributed by atoms with Crippen molar-refractivity contribution in [2.45, 2.75) is 76.5 Å². The highest BCUT2D eigenvalue weighted by Crippen LogP contribution is 2.36. The Morgan fingerprint density at radius 2 is 2.20 bits per heavy atom. The second-order valence-corrected chi connectivity index (χ2v) is 8.22. The van der Waals surface area contributed by atoms with Crippen LogP contribution in [0.5, 0.6) is 0 Å². The first-order chi connectivity index (χ1) is 9.70. The van der Waals surface area contributed by atoms with E-state index in [4.69, 9.17) is 0 Å². The van der Waals surface area contributed by atoms with Gasteiger partial charge in [-0.25, -0.2) is 0 Å². The van der Waals surface area contributed by atoms with Gasteiger partial charge >= 0.3 is 0 Å². The highest BCUT2D eigenvalue weighted by atomic mass is 32.1. The van der Waals surface area contributed by atoms with Gasteiger partial charge in [0.1, 0.15) is 0 Å². The Hall–Kier alpha value is -0.380. The number of likely N-dealkylation sites (tertiary alicyclic amines) is 1. The standard InChI is InChI=1S/C17H26N2S/c1-11-8-14(10-19(11)15-6-7-15)18-12(2)17-9-13-4-3-5-16(13)20-17/h9,11-12,14-15,18H,3-8,10H2,1-2H3/t11-,12+,14-/m1/s1. The fourth-order valence-electron chi connectivity index (χ4n) is 4.09. The van der Waals surface area contributed by atoms with Crippen LogP contribution in [-0.2, 0) is 12.8 Å². The Morgan fingerprint density at radius 3 is 2.95 bits per heavy atom. The van der Waals surface area contributed by atoms with Crippen LogP contribution in [0.1, 0.15) is 60.9 Å². The van der Waals surface area contributed by atoms with Crippen LogP contribution in [0.4, 0.5) is 0 Å². The smallest absolute Gasteiger partial charge is 0.0388 e. The predicted octanol–water partition coefficient (Wildman–Crippen LogP) is 3.51. The summed E-state index contributed by atoms with van der Waals surface area (Å²) in [4.78, 5) is 5.96. The van der Waals surface area contributed by atoms with Crippen LogP contribution in [0.3, 0.4) is 0 Å². The molecule has 1 aliphatic heterocycles. The van der Waals surface area contributed by atoms with Crippen molar-refractivity contribution in [3.63, 3.8) is 0 Å². The molecular weight excluding hydrogens is 264 g/mol. The molecule has 1 N–H and O–H groups in total. The maximum atomic E-state index is 3.90. The molecule has 20 heavy (non-hydrogen) atoms. The monoisotopic (exact) mass is 290 g/mol. The van der Waals surface area contributed by atoms with Crippen LogP contribution in [0.25, 0.3) is 0 Å². The summed E-state index contributed by atoms with van der Waals surface area (Å²) < 4.78 is 0. The molecule has 2 nitrogen and oxygen atoms in total. The lowest BCUT2D eigenvalue weighted by molar-refractivity contribution is 0.254. The number of aryl methyl sites for hydroxylation is 2. The summed E-state index contributed by atoms with van der Waals surface area (Å²) in [6.07, 6.45) is 8.21. The summed E-state index contributed by atoms with van der Waals surface area (Å²) in [7, 11) is 0. The first kappa shape index (κ1) is 13.3. The zero-order chi connectivity index (χ0) is 13.7. The summed E-state index contributed by atoms with van der Waals surface area (Å²) >= 11 is 2.06. The molecule has 3 aliphatic rings. The van der Waals surface area contributed by atoms with Gasteiger partial charge in [-0.2, -0.15) is 0 Å². The lowest BCUT2D eigenvalue weighted by atomic mass is 10.1. The molecule has 4 rings (SSSR count). The van der Waals surface area contributed by atoms with Gasteiger partial charge in [-0.3, -0.25) is 4.90 Å². The highest BCUT2D eigenvalue weighted by molar-refractivity contribution is 7.12. The minimum Gasteiger partial charge on any atom is -0.305 e. The SMILES string of the molecule is C[C@H](N[C@@H]1C[C@@H](C)N(C2CC2)C1)c1cc2c(s1)CCC2. The van der Waals surface area contributed by atoms with Crippen molar-refractivity contribution in [3.05, 3.63) is 21.4 Å². The second-order valence-electron chi connectivity index (χ2n) is 7.05. The van der Waals surface area contributed by atoms with Crippen molar-refractivity contribution in [1.82, 2.24) is 10.2 Å². The molecule has 0 spiro atoms. The molecule has 1 aromatic heterocycles. The highest BCUT2D eigenvalue weighted by Gasteiger charge is 2.39. The summed E-state index contributed by atoms with van der Waals surface area (Å²) in [5, 5.41) is 3.90. The molecular formula is C17H26N2S. The van der Waals surface area contributed by atoms with Crippen molar-refractivity contribution in [1.29, 1.82) is 0 Å². The van der Waals surface area contributed by atoms with E-state index in [0.717, 1.165) is 12.1 Å². The van der Waals surface area contributed by atoms with Crippen molar-refractivity contribution >= 4 is 11.3 Å². The van der Waals surface area contributed by atoms with E-state index in [2.05, 4.69) is 41.5 Å². The van der Waals surface area contributed by atoms with Crippen LogP contribution in [0.2, 0.25) is 0 Å². The number of nitrogens with one attached hydrogen (secondary N) is 1. The molecule has 0 bridgehead atoms. The van der Waals surface area contributed by atoms with Gasteiger partial charge in [0.25, 0.3) is 0 Å². The molecule has 2 aliphatic carbocycles. The Bertz CT molecular complexity index is 470. The zero-order valence-corrected chi connectivity index (χ0v) is 13.5. The maximum Gasteiger partial charge on any atom is 0.0388 e. The van der Waals surface area contributed by atoms with E-state index in [-0.39, 0.29) is 0 Å². The Balaban J connectivity index is 1.38. The molecule has 110 valence electrons. The number of nitrogens with zero attached hydrogens (tertiary/aromatic N) is 1. The number of hydrogen-bond donors (Lipinski definition) is 1. The molecule has 3 atom stereocenters. The third-order valence-electron chi connectivity index (χ3n) is 5.32. The van der Waals surface area contributed by atoms with Gasteiger partial charge in [0.05, 0.1) is 0 Å². The Labute approximate surface area is 126 Å². The fraction of sp³-hybridized carbons (Fsp3) is 0.765. The third kappa shape index (κ3) is 2.44. The average molecular weight is 290 g/mol. The van der Waals surface area contributed by atoms with Crippen molar-refractivity contribution in [3.8, 4) is 0 Å². The third-order valence-corrected chi connectivity index (χ3v) is 6.74. The number of thiophene rings is 1. The summed E-state index contributed by atoms with van der Waals surface area (Å²) in [6.45, 7) is 6.02. The van der Waals surface area contributed by atoms with Crippen molar-refractivity contribution in [2.75, 3.05) is 6.54 Å². The molecule has 0 amide bonds. The van der Waals surface area contributed by atoms with E-state index in [1.807, 2.05) is 0 Å². The minimum absolute atomic E-state index is 0.530. The minimum atomic E-state index is 0.530. The summed E-state index contributed by atoms with van der Waals surface area (Å²) in [6, 6.07) is 5.39. The van der Waals surface area contributed by atoms with Crippen molar-refractivity contribution < 1.29 is 0 Å². The molecule has 1 saturated heterocycles. The molecule has 1 saturated carbocycles. The van der Waals surface area contributed by atoms with Gasteiger partial charge in [0.2, 0.25) is 0 Å². The van der Waals surface area contributed by atoms with Crippen LogP contribution in [-0.4, -0.2) is 29.6 Å². The van der Waals surface area contributed by atoms with E-state index in [9.17, 15) is 0 Å².